The lowest BCUT2D eigenvalue weighted by Gasteiger charge is -2.34. The number of allylic oxidation sites excluding steroid dienone is 1. The SMILES string of the molecule is CC[C@@H]1C[C@H](C)CCC=C[C@@H]2C[C@@]2(C(=O)NS(=O)(=O)C2CC2)NC(=O)[C@@H]2C[C@@H](Oc3nccc4c5c(ccc34)N(C)CCO5)CN2C(=O)[C@H]1NC(=O)C(=O)N(C)C. The zero-order chi connectivity index (χ0) is 40.8. The first-order chi connectivity index (χ1) is 27.1. The van der Waals surface area contributed by atoms with Gasteiger partial charge >= 0.3 is 11.8 Å². The molecule has 2 aliphatic carbocycles. The molecule has 3 aliphatic heterocycles. The van der Waals surface area contributed by atoms with Crippen molar-refractivity contribution < 1.29 is 41.9 Å². The van der Waals surface area contributed by atoms with Crippen LogP contribution in [0.1, 0.15) is 65.2 Å². The predicted molar refractivity (Wildman–Crippen MR) is 211 cm³/mol. The molecular weight excluding hydrogens is 755 g/mol. The molecule has 3 fully saturated rings. The molecule has 16 nitrogen and oxygen atoms in total. The largest absolute Gasteiger partial charge is 0.489 e. The molecule has 0 bridgehead atoms. The van der Waals surface area contributed by atoms with Gasteiger partial charge in [0.25, 0.3) is 5.91 Å². The Morgan fingerprint density at radius 1 is 1.11 bits per heavy atom. The van der Waals surface area contributed by atoms with Gasteiger partial charge in [-0.05, 0) is 68.6 Å². The van der Waals surface area contributed by atoms with Gasteiger partial charge in [0.2, 0.25) is 27.7 Å². The third kappa shape index (κ3) is 8.12. The Balaban J connectivity index is 1.24. The Labute approximate surface area is 333 Å². The Bertz CT molecular complexity index is 2090. The average molecular weight is 808 g/mol. The maximum absolute atomic E-state index is 14.9. The molecule has 5 aliphatic rings. The number of likely N-dealkylation sites (N-methyl/N-ethyl adjacent to an activating group) is 2. The van der Waals surface area contributed by atoms with E-state index in [1.807, 2.05) is 44.3 Å². The molecule has 0 radical (unpaired) electrons. The summed E-state index contributed by atoms with van der Waals surface area (Å²) in [6.07, 6.45) is 8.20. The van der Waals surface area contributed by atoms with Gasteiger partial charge in [0, 0.05) is 50.5 Å². The summed E-state index contributed by atoms with van der Waals surface area (Å²) in [6, 6.07) is 3.34. The van der Waals surface area contributed by atoms with Crippen molar-refractivity contribution >= 4 is 56.0 Å². The first kappa shape index (κ1) is 40.3. The number of nitrogens with one attached hydrogen (secondary N) is 3. The minimum atomic E-state index is -3.92. The quantitative estimate of drug-likeness (QED) is 0.273. The van der Waals surface area contributed by atoms with Crippen LogP contribution in [0.15, 0.2) is 36.5 Å². The van der Waals surface area contributed by atoms with Crippen molar-refractivity contribution in [3.8, 4) is 11.6 Å². The number of anilines is 1. The van der Waals surface area contributed by atoms with Gasteiger partial charge in [-0.1, -0.05) is 32.4 Å². The number of rotatable bonds is 7. The second-order valence-corrected chi connectivity index (χ2v) is 18.5. The van der Waals surface area contributed by atoms with Crippen LogP contribution in [-0.2, 0) is 34.0 Å². The summed E-state index contributed by atoms with van der Waals surface area (Å²) >= 11 is 0. The van der Waals surface area contributed by atoms with Crippen LogP contribution in [0.2, 0.25) is 0 Å². The number of amides is 5. The van der Waals surface area contributed by atoms with E-state index in [0.717, 1.165) is 28.9 Å². The number of carbonyl (C=O) groups excluding carboxylic acids is 5. The monoisotopic (exact) mass is 807 g/mol. The summed E-state index contributed by atoms with van der Waals surface area (Å²) in [5.74, 6) is -3.56. The fourth-order valence-corrected chi connectivity index (χ4v) is 9.78. The van der Waals surface area contributed by atoms with Crippen LogP contribution in [0.3, 0.4) is 0 Å². The minimum absolute atomic E-state index is 0.00286. The molecule has 0 spiro atoms. The van der Waals surface area contributed by atoms with E-state index in [9.17, 15) is 32.4 Å². The van der Waals surface area contributed by atoms with E-state index in [1.165, 1.54) is 19.0 Å². The predicted octanol–water partition coefficient (Wildman–Crippen LogP) is 1.87. The van der Waals surface area contributed by atoms with E-state index < -0.39 is 74.5 Å². The van der Waals surface area contributed by atoms with Crippen molar-refractivity contribution in [2.45, 2.75) is 94.2 Å². The van der Waals surface area contributed by atoms with Gasteiger partial charge in [-0.3, -0.25) is 28.7 Å². The van der Waals surface area contributed by atoms with Crippen LogP contribution < -0.4 is 29.7 Å². The van der Waals surface area contributed by atoms with Crippen LogP contribution in [0, 0.1) is 17.8 Å². The number of hydrogen-bond acceptors (Lipinski definition) is 11. The smallest absolute Gasteiger partial charge is 0.311 e. The highest BCUT2D eigenvalue weighted by Gasteiger charge is 2.62. The maximum atomic E-state index is 14.9. The number of ether oxygens (including phenoxy) is 2. The third-order valence-corrected chi connectivity index (χ3v) is 13.9. The number of carbonyl (C=O) groups is 5. The van der Waals surface area contributed by atoms with E-state index in [4.69, 9.17) is 9.47 Å². The van der Waals surface area contributed by atoms with E-state index >= 15 is 0 Å². The molecule has 4 heterocycles. The van der Waals surface area contributed by atoms with E-state index in [-0.39, 0.29) is 37.1 Å². The van der Waals surface area contributed by atoms with Crippen molar-refractivity contribution in [2.75, 3.05) is 45.7 Å². The number of aromatic nitrogens is 1. The fourth-order valence-electron chi connectivity index (χ4n) is 8.42. The lowest BCUT2D eigenvalue weighted by molar-refractivity contribution is -0.148. The molecule has 1 saturated heterocycles. The molecule has 5 amide bonds. The summed E-state index contributed by atoms with van der Waals surface area (Å²) in [5, 5.41) is 6.44. The summed E-state index contributed by atoms with van der Waals surface area (Å²) in [4.78, 5) is 78.6. The summed E-state index contributed by atoms with van der Waals surface area (Å²) in [5.41, 5.74) is -0.618. The van der Waals surface area contributed by atoms with Crippen molar-refractivity contribution in [3.63, 3.8) is 0 Å². The number of sulfonamides is 1. The standard InChI is InChI=1S/C40H53N7O9S/c1-6-24-19-23(2)9-7-8-10-25-21-40(25,39(52)44-57(53,54)27-11-12-27)43-34(48)31-20-26(22-47(31)37(50)32(24)42-35(49)38(51)45(3)4)56-36-29-13-14-30-33(28(29)15-16-41-36)55-18-17-46(30)5/h8,10,13-16,23-27,31-32H,6-7,9,11-12,17-22H2,1-5H3,(H,42,49)(H,43,48)(H,44,52)/t23-,24-,25-,26-,31+,32+,40-/m1/s1. The molecule has 17 heteroatoms. The van der Waals surface area contributed by atoms with Crippen LogP contribution in [0.4, 0.5) is 5.69 Å². The lowest BCUT2D eigenvalue weighted by Crippen LogP contribution is -2.60. The molecule has 7 atom stereocenters. The fraction of sp³-hybridized carbons (Fsp3) is 0.600. The Morgan fingerprint density at radius 3 is 2.60 bits per heavy atom. The molecule has 1 aromatic carbocycles. The summed E-state index contributed by atoms with van der Waals surface area (Å²) < 4.78 is 40.7. The Hall–Kier alpha value is -4.93. The molecule has 1 aromatic heterocycles. The van der Waals surface area contributed by atoms with Gasteiger partial charge in [-0.15, -0.1) is 0 Å². The van der Waals surface area contributed by atoms with Crippen LogP contribution in [-0.4, -0.2) is 123 Å². The van der Waals surface area contributed by atoms with Gasteiger partial charge in [-0.2, -0.15) is 0 Å². The van der Waals surface area contributed by atoms with Crippen molar-refractivity contribution in [1.82, 2.24) is 30.1 Å². The van der Waals surface area contributed by atoms with Gasteiger partial charge in [0.15, 0.2) is 5.75 Å². The van der Waals surface area contributed by atoms with E-state index in [1.54, 1.807) is 6.20 Å². The number of nitrogens with zero attached hydrogens (tertiary/aromatic N) is 4. The number of hydrogen-bond donors (Lipinski definition) is 3. The van der Waals surface area contributed by atoms with Crippen LogP contribution in [0.5, 0.6) is 11.6 Å². The van der Waals surface area contributed by atoms with Gasteiger partial charge in [0.1, 0.15) is 30.3 Å². The second kappa shape index (κ2) is 15.8. The molecule has 7 rings (SSSR count). The zero-order valence-electron chi connectivity index (χ0n) is 33.2. The minimum Gasteiger partial charge on any atom is -0.489 e. The lowest BCUT2D eigenvalue weighted by atomic mass is 9.84. The van der Waals surface area contributed by atoms with Crippen molar-refractivity contribution in [1.29, 1.82) is 0 Å². The maximum Gasteiger partial charge on any atom is 0.311 e. The van der Waals surface area contributed by atoms with E-state index in [2.05, 4.69) is 32.2 Å². The number of pyridine rings is 1. The highest BCUT2D eigenvalue weighted by Crippen LogP contribution is 2.46. The molecule has 2 saturated carbocycles. The van der Waals surface area contributed by atoms with E-state index in [0.29, 0.717) is 49.8 Å². The highest BCUT2D eigenvalue weighted by molar-refractivity contribution is 7.91. The molecular formula is C40H53N7O9S. The molecule has 308 valence electrons. The third-order valence-electron chi connectivity index (χ3n) is 12.1. The average Bonchev–Trinajstić information content (AvgIpc) is 4.11. The van der Waals surface area contributed by atoms with Crippen LogP contribution in [0.25, 0.3) is 10.8 Å². The highest BCUT2D eigenvalue weighted by atomic mass is 32.2. The second-order valence-electron chi connectivity index (χ2n) is 16.5. The van der Waals surface area contributed by atoms with Crippen LogP contribution >= 0.6 is 0 Å². The normalized spacial score (nSPS) is 29.1. The topological polar surface area (TPSA) is 197 Å². The number of fused-ring (bicyclic) bond motifs is 5. The van der Waals surface area contributed by atoms with Gasteiger partial charge in [-0.25, -0.2) is 13.4 Å². The van der Waals surface area contributed by atoms with Gasteiger partial charge < -0.3 is 34.8 Å². The first-order valence-electron chi connectivity index (χ1n) is 19.9. The summed E-state index contributed by atoms with van der Waals surface area (Å²) in [7, 11) is 0.962. The number of benzene rings is 1. The van der Waals surface area contributed by atoms with Crippen molar-refractivity contribution in [3.05, 3.63) is 36.5 Å². The zero-order valence-corrected chi connectivity index (χ0v) is 34.0. The first-order valence-corrected chi connectivity index (χ1v) is 21.5. The molecule has 0 unspecified atom stereocenters. The molecule has 2 aromatic rings. The summed E-state index contributed by atoms with van der Waals surface area (Å²) in [6.45, 7) is 5.16. The molecule has 3 N–H and O–H groups in total. The Morgan fingerprint density at radius 2 is 1.88 bits per heavy atom. The Kier molecular flexibility index (Phi) is 11.2. The molecule has 57 heavy (non-hydrogen) atoms. The van der Waals surface area contributed by atoms with Crippen molar-refractivity contribution in [2.24, 2.45) is 17.8 Å². The van der Waals surface area contributed by atoms with Gasteiger partial charge in [0.05, 0.1) is 24.0 Å².